The van der Waals surface area contributed by atoms with E-state index in [2.05, 4.69) is 0 Å². The molecule has 0 nitrogen and oxygen atoms in total. The van der Waals surface area contributed by atoms with Crippen LogP contribution in [0.3, 0.4) is 0 Å². The second-order valence-electron chi connectivity index (χ2n) is 0. The van der Waals surface area contributed by atoms with E-state index in [-0.39, 0.29) is 69.7 Å². The molecule has 0 heterocycles. The standard InChI is InChI=1S/B.Co.Fe.Ni.H3Si/h;;;;1H3. The summed E-state index contributed by atoms with van der Waals surface area (Å²) in [6.45, 7) is 0. The van der Waals surface area contributed by atoms with Gasteiger partial charge in [0.15, 0.2) is 0 Å². The average Bonchev–Trinajstić information content (AvgIpc) is 0. The summed E-state index contributed by atoms with van der Waals surface area (Å²) in [5.74, 6) is 0. The summed E-state index contributed by atoms with van der Waals surface area (Å²) in [6, 6.07) is 0. The molecule has 0 fully saturated rings. The minimum atomic E-state index is 0. The third kappa shape index (κ3) is 25.8. The van der Waals surface area contributed by atoms with Crippen molar-refractivity contribution in [1.29, 1.82) is 0 Å². The van der Waals surface area contributed by atoms with Crippen molar-refractivity contribution in [2.75, 3.05) is 0 Å². The molecule has 0 aliphatic carbocycles. The maximum absolute atomic E-state index is 0. The van der Waals surface area contributed by atoms with Gasteiger partial charge in [-0.3, -0.25) is 0 Å². The molecule has 0 aliphatic heterocycles. The fraction of sp³-hybridized carbons (Fsp3) is 0. The van der Waals surface area contributed by atoms with Crippen LogP contribution in [-0.4, -0.2) is 19.4 Å². The van der Waals surface area contributed by atoms with Crippen molar-refractivity contribution < 1.29 is 50.3 Å². The summed E-state index contributed by atoms with van der Waals surface area (Å²) in [5.41, 5.74) is 0. The van der Waals surface area contributed by atoms with Crippen LogP contribution in [0.1, 0.15) is 0 Å². The Hall–Kier alpha value is 1.80. The molecule has 0 N–H and O–H groups in total. The van der Waals surface area contributed by atoms with Crippen LogP contribution in [0.25, 0.3) is 0 Å². The van der Waals surface area contributed by atoms with Crippen molar-refractivity contribution in [2.45, 2.75) is 0 Å². The Morgan fingerprint density at radius 2 is 1.00 bits per heavy atom. The Kier molecular flexibility index (Phi) is 582. The van der Waals surface area contributed by atoms with E-state index in [0.29, 0.717) is 0 Å². The van der Waals surface area contributed by atoms with Crippen LogP contribution >= 0.6 is 0 Å². The summed E-state index contributed by atoms with van der Waals surface area (Å²) >= 11 is 0. The monoisotopic (exact) mass is 215 g/mol. The summed E-state index contributed by atoms with van der Waals surface area (Å²) in [4.78, 5) is 0. The van der Waals surface area contributed by atoms with Crippen molar-refractivity contribution in [2.24, 2.45) is 0 Å². The summed E-state index contributed by atoms with van der Waals surface area (Å²) in [5, 5.41) is 0. The fourth-order valence-electron chi connectivity index (χ4n) is 0. The third-order valence-corrected chi connectivity index (χ3v) is 0. The smallest absolute Gasteiger partial charge is 0 e. The van der Waals surface area contributed by atoms with Gasteiger partial charge in [-0.2, -0.15) is 0 Å². The Bertz CT molecular complexity index is 11.6. The maximum atomic E-state index is 0. The summed E-state index contributed by atoms with van der Waals surface area (Å²) in [7, 11) is 0. The molecule has 0 atom stereocenters. The molecule has 5 heavy (non-hydrogen) atoms. The van der Waals surface area contributed by atoms with E-state index >= 15 is 0 Å². The van der Waals surface area contributed by atoms with E-state index in [4.69, 9.17) is 0 Å². The number of hydrogen-bond acceptors (Lipinski definition) is 0. The average molecular weight is 215 g/mol. The molecule has 5 heteroatoms. The molecular formula is H3BCoFeNiSi. The van der Waals surface area contributed by atoms with Crippen molar-refractivity contribution in [3.63, 3.8) is 0 Å². The molecule has 0 saturated carbocycles. The Morgan fingerprint density at radius 1 is 1.00 bits per heavy atom. The van der Waals surface area contributed by atoms with E-state index in [0.717, 1.165) is 0 Å². The van der Waals surface area contributed by atoms with Crippen LogP contribution in [0.2, 0.25) is 0 Å². The van der Waals surface area contributed by atoms with E-state index in [1.54, 1.807) is 0 Å². The Balaban J connectivity index is 0. The van der Waals surface area contributed by atoms with Crippen LogP contribution in [0.5, 0.6) is 0 Å². The van der Waals surface area contributed by atoms with E-state index in [1.807, 2.05) is 0 Å². The molecule has 0 aliphatic rings. The molecule has 5 radical (unpaired) electrons. The molecule has 0 amide bonds. The largest absolute Gasteiger partial charge is 0.0125 e. The topological polar surface area (TPSA) is 0 Å². The van der Waals surface area contributed by atoms with Crippen LogP contribution in [0.15, 0.2) is 0 Å². The molecule has 0 aromatic rings. The number of hydrogen-bond donors (Lipinski definition) is 0. The molecule has 0 rings (SSSR count). The van der Waals surface area contributed by atoms with Crippen molar-refractivity contribution in [3.05, 3.63) is 0 Å². The van der Waals surface area contributed by atoms with Crippen molar-refractivity contribution >= 4 is 19.4 Å². The van der Waals surface area contributed by atoms with Crippen molar-refractivity contribution in [1.82, 2.24) is 0 Å². The first-order valence-electron chi connectivity index (χ1n) is 0. The van der Waals surface area contributed by atoms with Gasteiger partial charge in [0, 0.05) is 58.8 Å². The molecule has 0 aromatic heterocycles. The van der Waals surface area contributed by atoms with Crippen LogP contribution in [-0.2, 0) is 50.3 Å². The number of rotatable bonds is 0. The van der Waals surface area contributed by atoms with Gasteiger partial charge in [-0.25, -0.2) is 0 Å². The zero-order chi connectivity index (χ0) is 0. The van der Waals surface area contributed by atoms with E-state index < -0.39 is 0 Å². The first kappa shape index (κ1) is 70.5. The van der Waals surface area contributed by atoms with Crippen LogP contribution in [0, 0.1) is 0 Å². The summed E-state index contributed by atoms with van der Waals surface area (Å²) < 4.78 is 0. The Morgan fingerprint density at radius 3 is 1.00 bits per heavy atom. The predicted molar refractivity (Wildman–Crippen MR) is 15.7 cm³/mol. The van der Waals surface area contributed by atoms with E-state index in [1.165, 1.54) is 0 Å². The van der Waals surface area contributed by atoms with Gasteiger partial charge in [0.25, 0.3) is 0 Å². The maximum Gasteiger partial charge on any atom is 0 e. The molecule has 0 spiro atoms. The summed E-state index contributed by atoms with van der Waals surface area (Å²) in [6.07, 6.45) is 0. The van der Waals surface area contributed by atoms with Crippen molar-refractivity contribution in [3.8, 4) is 0 Å². The van der Waals surface area contributed by atoms with Gasteiger partial charge in [0.2, 0.25) is 0 Å². The zero-order valence-corrected chi connectivity index (χ0v) is 7.71. The van der Waals surface area contributed by atoms with Gasteiger partial charge in [-0.05, 0) is 11.0 Å². The van der Waals surface area contributed by atoms with Gasteiger partial charge in [0.1, 0.15) is 0 Å². The van der Waals surface area contributed by atoms with Gasteiger partial charge < -0.3 is 0 Å². The normalized spacial score (nSPS) is 0. The molecule has 0 saturated heterocycles. The quantitative estimate of drug-likeness (QED) is 0.428. The molecule has 0 bridgehead atoms. The first-order chi connectivity index (χ1) is 0. The predicted octanol–water partition coefficient (Wildman–Crippen LogP) is -1.57. The SMILES string of the molecule is [B].[Co].[Fe].[Ni].[SiH3]. The Labute approximate surface area is 69.4 Å². The first-order valence-corrected chi connectivity index (χ1v) is 0. The second-order valence-corrected chi connectivity index (χ2v) is 0. The molecule has 0 unspecified atom stereocenters. The van der Waals surface area contributed by atoms with Gasteiger partial charge in [-0.15, -0.1) is 0 Å². The third-order valence-electron chi connectivity index (χ3n) is 0. The van der Waals surface area contributed by atoms with Gasteiger partial charge in [0.05, 0.1) is 0 Å². The zero-order valence-electron chi connectivity index (χ0n) is 2.58. The van der Waals surface area contributed by atoms with Crippen LogP contribution < -0.4 is 0 Å². The minimum absolute atomic E-state index is 0. The van der Waals surface area contributed by atoms with E-state index in [9.17, 15) is 0 Å². The second kappa shape index (κ2) is 41.2. The fourth-order valence-corrected chi connectivity index (χ4v) is 0. The van der Waals surface area contributed by atoms with Gasteiger partial charge in [-0.1, -0.05) is 0 Å². The molecule has 37 valence electrons. The molecule has 0 aromatic carbocycles. The molecular weight excluding hydrogens is 212 g/mol. The van der Waals surface area contributed by atoms with Gasteiger partial charge >= 0.3 is 0 Å². The minimum Gasteiger partial charge on any atom is -0.0125 e. The van der Waals surface area contributed by atoms with Crippen LogP contribution in [0.4, 0.5) is 0 Å².